The van der Waals surface area contributed by atoms with Crippen molar-refractivity contribution in [3.8, 4) is 35.5 Å². The summed E-state index contributed by atoms with van der Waals surface area (Å²) in [6.07, 6.45) is 6.11. The van der Waals surface area contributed by atoms with Crippen molar-refractivity contribution in [3.05, 3.63) is 59.7 Å². The lowest BCUT2D eigenvalue weighted by molar-refractivity contribution is 0.000936. The highest BCUT2D eigenvalue weighted by atomic mass is 19.1. The van der Waals surface area contributed by atoms with Gasteiger partial charge < -0.3 is 19.1 Å². The lowest BCUT2D eigenvalue weighted by Crippen LogP contribution is -2.65. The molecule has 6 atom stereocenters. The molecule has 2 aromatic carbocycles. The van der Waals surface area contributed by atoms with E-state index >= 15 is 8.78 Å². The largest absolute Gasteiger partial charge is 0.472 e. The highest BCUT2D eigenvalue weighted by molar-refractivity contribution is 6.03. The summed E-state index contributed by atoms with van der Waals surface area (Å²) in [5, 5.41) is 1.19. The van der Waals surface area contributed by atoms with Crippen LogP contribution in [0.25, 0.3) is 32.9 Å². The molecule has 4 fully saturated rings. The zero-order valence-electron chi connectivity index (χ0n) is 30.7. The minimum absolute atomic E-state index is 0.0166. The fourth-order valence-electron chi connectivity index (χ4n) is 9.60. The maximum atomic E-state index is 17.4. The molecule has 1 unspecified atom stereocenters. The first-order valence-corrected chi connectivity index (χ1v) is 18.5. The van der Waals surface area contributed by atoms with Crippen LogP contribution in [0.15, 0.2) is 42.5 Å². The molecule has 0 N–H and O–H groups in total. The van der Waals surface area contributed by atoms with Crippen LogP contribution in [-0.4, -0.2) is 98.6 Å². The highest BCUT2D eigenvalue weighted by Crippen LogP contribution is 2.48. The average molecular weight is 739 g/mol. The number of fused-ring (bicyclic) bond motifs is 7. The van der Waals surface area contributed by atoms with E-state index in [2.05, 4.69) is 27.3 Å². The Morgan fingerprint density at radius 1 is 1.13 bits per heavy atom. The Morgan fingerprint density at radius 3 is 2.72 bits per heavy atom. The molecular weight excluding hydrogens is 697 g/mol. The molecule has 13 heteroatoms. The number of carbonyl (C=O) groups is 1. The predicted octanol–water partition coefficient (Wildman–Crippen LogP) is 6.96. The standard InChI is InChI=1S/C41H41F3N6O4/c1-7-26-28(43)13-11-23-9-8-10-27(30(23)26)33-32(44)34-31-36(47-38(46-34)52-20-41-15-21(2)17-48(41)18-24(42)16-41)49-19-25-12-14-29(35(49)22(3)53-37(31)45-33)50(25)39(51)54-40(4,5)6/h1,8-11,13,22,24-25,29,35H,2,12,14-20H2,3-6H3/t22-,24-,25+,29-,35+,41?/m0/s1. The summed E-state index contributed by atoms with van der Waals surface area (Å²) in [6.45, 7) is 12.9. The molecule has 54 heavy (non-hydrogen) atoms. The zero-order valence-corrected chi connectivity index (χ0v) is 30.7. The minimum Gasteiger partial charge on any atom is -0.472 e. The third-order valence-electron chi connectivity index (χ3n) is 11.6. The lowest BCUT2D eigenvalue weighted by Gasteiger charge is -2.48. The number of hydrogen-bond acceptors (Lipinski definition) is 9. The number of halogens is 3. The third-order valence-corrected chi connectivity index (χ3v) is 11.6. The number of amides is 1. The molecule has 0 spiro atoms. The van der Waals surface area contributed by atoms with Gasteiger partial charge >= 0.3 is 12.1 Å². The Kier molecular flexibility index (Phi) is 7.84. The van der Waals surface area contributed by atoms with Gasteiger partial charge in [-0.2, -0.15) is 9.97 Å². The molecular formula is C41H41F3N6O4. The van der Waals surface area contributed by atoms with E-state index in [-0.39, 0.29) is 71.3 Å². The van der Waals surface area contributed by atoms with E-state index in [4.69, 9.17) is 30.6 Å². The molecule has 9 rings (SSSR count). The van der Waals surface area contributed by atoms with Crippen LogP contribution in [0.5, 0.6) is 11.9 Å². The summed E-state index contributed by atoms with van der Waals surface area (Å²) in [6, 6.07) is 6.99. The van der Waals surface area contributed by atoms with Gasteiger partial charge in [-0.1, -0.05) is 42.3 Å². The first kappa shape index (κ1) is 34.7. The van der Waals surface area contributed by atoms with E-state index in [1.54, 1.807) is 24.3 Å². The van der Waals surface area contributed by atoms with Gasteiger partial charge in [-0.05, 0) is 58.4 Å². The van der Waals surface area contributed by atoms with Crippen molar-refractivity contribution in [1.82, 2.24) is 24.8 Å². The molecule has 2 aromatic heterocycles. The molecule has 2 bridgehead atoms. The molecule has 4 saturated heterocycles. The first-order chi connectivity index (χ1) is 25.7. The number of rotatable bonds is 4. The topological polar surface area (TPSA) is 93.2 Å². The van der Waals surface area contributed by atoms with Crippen molar-refractivity contribution in [2.24, 2.45) is 0 Å². The molecule has 4 aromatic rings. The van der Waals surface area contributed by atoms with Crippen molar-refractivity contribution in [1.29, 1.82) is 0 Å². The molecule has 0 radical (unpaired) electrons. The van der Waals surface area contributed by atoms with Gasteiger partial charge in [-0.25, -0.2) is 22.9 Å². The lowest BCUT2D eigenvalue weighted by atomic mass is 9.93. The maximum absolute atomic E-state index is 17.4. The molecule has 7 heterocycles. The summed E-state index contributed by atoms with van der Waals surface area (Å²) in [7, 11) is 0. The van der Waals surface area contributed by atoms with Crippen LogP contribution in [0.1, 0.15) is 58.9 Å². The molecule has 10 nitrogen and oxygen atoms in total. The Morgan fingerprint density at radius 2 is 1.94 bits per heavy atom. The smallest absolute Gasteiger partial charge is 0.410 e. The van der Waals surface area contributed by atoms with Crippen LogP contribution in [-0.2, 0) is 4.74 Å². The number of nitrogens with zero attached hydrogens (tertiary/aromatic N) is 6. The van der Waals surface area contributed by atoms with Gasteiger partial charge in [0.05, 0.1) is 29.2 Å². The van der Waals surface area contributed by atoms with Crippen molar-refractivity contribution in [3.63, 3.8) is 0 Å². The molecule has 0 aliphatic carbocycles. The highest BCUT2D eigenvalue weighted by Gasteiger charge is 2.54. The van der Waals surface area contributed by atoms with Gasteiger partial charge in [0, 0.05) is 37.0 Å². The van der Waals surface area contributed by atoms with Crippen LogP contribution in [0.2, 0.25) is 0 Å². The quantitative estimate of drug-likeness (QED) is 0.163. The van der Waals surface area contributed by atoms with Gasteiger partial charge in [-0.3, -0.25) is 9.80 Å². The summed E-state index contributed by atoms with van der Waals surface area (Å²) in [4.78, 5) is 34.0. The Balaban J connectivity index is 1.22. The van der Waals surface area contributed by atoms with Crippen LogP contribution < -0.4 is 14.4 Å². The van der Waals surface area contributed by atoms with E-state index in [1.807, 2.05) is 32.6 Å². The van der Waals surface area contributed by atoms with E-state index in [9.17, 15) is 9.18 Å². The Labute approximate surface area is 311 Å². The number of terminal acetylenes is 1. The fraction of sp³-hybridized carbons (Fsp3) is 0.463. The van der Waals surface area contributed by atoms with Crippen molar-refractivity contribution in [2.75, 3.05) is 31.1 Å². The van der Waals surface area contributed by atoms with Crippen LogP contribution in [0.4, 0.5) is 23.8 Å². The number of alkyl halides is 1. The number of piperazine rings is 1. The third kappa shape index (κ3) is 5.35. The average Bonchev–Trinajstić information content (AvgIpc) is 3.67. The number of ether oxygens (including phenoxy) is 3. The number of hydrogen-bond donors (Lipinski definition) is 0. The zero-order chi connectivity index (χ0) is 37.8. The minimum atomic E-state index is -1.01. The van der Waals surface area contributed by atoms with Crippen LogP contribution in [0.3, 0.4) is 0 Å². The number of anilines is 1. The predicted molar refractivity (Wildman–Crippen MR) is 197 cm³/mol. The second kappa shape index (κ2) is 12.2. The summed E-state index contributed by atoms with van der Waals surface area (Å²) >= 11 is 0. The van der Waals surface area contributed by atoms with Crippen molar-refractivity contribution >= 4 is 33.6 Å². The second-order valence-electron chi connectivity index (χ2n) is 16.4. The Bertz CT molecular complexity index is 2310. The van der Waals surface area contributed by atoms with E-state index < -0.39 is 47.2 Å². The SMILES string of the molecule is C#Cc1c(F)ccc2cccc(-c3nc4c5c(nc(OCC67CC(=C)CN6C[C@@H](F)C7)nc5c3F)N3C[C@H]5CC[C@@H]([C@H]3[C@H](C)O4)N5C(=O)OC(C)(C)C)c12. The van der Waals surface area contributed by atoms with Crippen molar-refractivity contribution in [2.45, 2.75) is 94.9 Å². The van der Waals surface area contributed by atoms with Gasteiger partial charge in [0.25, 0.3) is 0 Å². The van der Waals surface area contributed by atoms with Crippen LogP contribution >= 0.6 is 0 Å². The first-order valence-electron chi connectivity index (χ1n) is 18.5. The molecule has 1 amide bonds. The fourth-order valence-corrected chi connectivity index (χ4v) is 9.60. The van der Waals surface area contributed by atoms with Gasteiger partial charge in [0.2, 0.25) is 5.88 Å². The number of aromatic nitrogens is 3. The van der Waals surface area contributed by atoms with Gasteiger partial charge in [0.1, 0.15) is 52.7 Å². The van der Waals surface area contributed by atoms with Crippen LogP contribution in [0, 0.1) is 24.0 Å². The molecule has 0 saturated carbocycles. The Hall–Kier alpha value is -5.09. The maximum Gasteiger partial charge on any atom is 0.410 e. The van der Waals surface area contributed by atoms with E-state index in [1.165, 1.54) is 6.07 Å². The van der Waals surface area contributed by atoms with E-state index in [0.717, 1.165) is 12.0 Å². The summed E-state index contributed by atoms with van der Waals surface area (Å²) < 4.78 is 66.1. The second-order valence-corrected chi connectivity index (χ2v) is 16.4. The van der Waals surface area contributed by atoms with Crippen molar-refractivity contribution < 1.29 is 32.2 Å². The van der Waals surface area contributed by atoms with Gasteiger partial charge in [-0.15, -0.1) is 6.42 Å². The summed E-state index contributed by atoms with van der Waals surface area (Å²) in [5.74, 6) is 1.49. The molecule has 280 valence electrons. The van der Waals surface area contributed by atoms with Gasteiger partial charge in [0.15, 0.2) is 5.82 Å². The van der Waals surface area contributed by atoms with E-state index in [0.29, 0.717) is 42.5 Å². The number of carbonyl (C=O) groups excluding carboxylic acids is 1. The summed E-state index contributed by atoms with van der Waals surface area (Å²) in [5.41, 5.74) is -0.286. The number of benzene rings is 2. The monoisotopic (exact) mass is 738 g/mol. The molecule has 5 aliphatic heterocycles. The number of pyridine rings is 1. The normalized spacial score (nSPS) is 27.4. The molecule has 5 aliphatic rings.